The Morgan fingerprint density at radius 1 is 1.38 bits per heavy atom. The molecule has 21 heavy (non-hydrogen) atoms. The maximum Gasteiger partial charge on any atom is 0.244 e. The fourth-order valence-electron chi connectivity index (χ4n) is 2.76. The van der Waals surface area contributed by atoms with Crippen molar-refractivity contribution in [2.75, 3.05) is 13.1 Å². The summed E-state index contributed by atoms with van der Waals surface area (Å²) in [6, 6.07) is 1.61. The number of hydrogen-bond acceptors (Lipinski definition) is 3. The molecular formula is C15H26N2O3S. The maximum absolute atomic E-state index is 12.8. The molecule has 0 unspecified atom stereocenters. The Hall–Kier alpha value is -0.850. The first kappa shape index (κ1) is 16.5. The van der Waals surface area contributed by atoms with Crippen LogP contribution < -0.4 is 0 Å². The van der Waals surface area contributed by atoms with Crippen molar-refractivity contribution >= 4 is 10.0 Å². The van der Waals surface area contributed by atoms with Crippen LogP contribution in [0.25, 0.3) is 0 Å². The van der Waals surface area contributed by atoms with Gasteiger partial charge in [0.15, 0.2) is 0 Å². The summed E-state index contributed by atoms with van der Waals surface area (Å²) in [5, 5.41) is 9.38. The molecule has 1 aliphatic carbocycles. The summed E-state index contributed by atoms with van der Waals surface area (Å²) in [6.07, 6.45) is 6.04. The van der Waals surface area contributed by atoms with Crippen LogP contribution in [0.3, 0.4) is 0 Å². The highest BCUT2D eigenvalue weighted by Gasteiger charge is 2.29. The van der Waals surface area contributed by atoms with Crippen LogP contribution in [0.15, 0.2) is 17.2 Å². The molecule has 1 N–H and O–H groups in total. The van der Waals surface area contributed by atoms with E-state index in [1.165, 1.54) is 6.42 Å². The molecule has 0 bridgehead atoms. The fourth-order valence-corrected chi connectivity index (χ4v) is 4.35. The minimum atomic E-state index is -3.45. The number of aryl methyl sites for hydroxylation is 1. The van der Waals surface area contributed by atoms with Gasteiger partial charge in [0.25, 0.3) is 0 Å². The lowest BCUT2D eigenvalue weighted by molar-refractivity contribution is 0.250. The molecule has 2 rings (SSSR count). The highest BCUT2D eigenvalue weighted by Crippen LogP contribution is 2.29. The summed E-state index contributed by atoms with van der Waals surface area (Å²) in [6.45, 7) is 5.61. The van der Waals surface area contributed by atoms with Gasteiger partial charge >= 0.3 is 0 Å². The predicted octanol–water partition coefficient (Wildman–Crippen LogP) is 2.20. The van der Waals surface area contributed by atoms with Crippen LogP contribution in [0, 0.1) is 5.92 Å². The summed E-state index contributed by atoms with van der Waals surface area (Å²) in [5.74, 6) is 0.509. The van der Waals surface area contributed by atoms with Crippen molar-refractivity contribution in [3.63, 3.8) is 0 Å². The quantitative estimate of drug-likeness (QED) is 0.800. The van der Waals surface area contributed by atoms with Gasteiger partial charge in [-0.05, 0) is 31.2 Å². The number of hydrogen-bond donors (Lipinski definition) is 1. The van der Waals surface area contributed by atoms with Gasteiger partial charge in [-0.3, -0.25) is 0 Å². The SMILES string of the molecule is CCCn1cc(S(=O)(=O)N(CC)CC2CCC2)cc1CO. The lowest BCUT2D eigenvalue weighted by Crippen LogP contribution is -2.37. The topological polar surface area (TPSA) is 62.5 Å². The Bertz CT molecular complexity index is 561. The van der Waals surface area contributed by atoms with E-state index >= 15 is 0 Å². The van der Waals surface area contributed by atoms with Crippen LogP contribution in [0.5, 0.6) is 0 Å². The Labute approximate surface area is 127 Å². The molecule has 1 aromatic heterocycles. The predicted molar refractivity (Wildman–Crippen MR) is 82.4 cm³/mol. The number of aliphatic hydroxyl groups is 1. The molecule has 1 saturated carbocycles. The van der Waals surface area contributed by atoms with Crippen molar-refractivity contribution < 1.29 is 13.5 Å². The van der Waals surface area contributed by atoms with Crippen molar-refractivity contribution in [1.29, 1.82) is 0 Å². The van der Waals surface area contributed by atoms with E-state index in [4.69, 9.17) is 0 Å². The molecule has 0 radical (unpaired) electrons. The van der Waals surface area contributed by atoms with E-state index in [9.17, 15) is 13.5 Å². The normalized spacial score (nSPS) is 16.4. The van der Waals surface area contributed by atoms with E-state index in [1.807, 2.05) is 18.4 Å². The third-order valence-electron chi connectivity index (χ3n) is 4.26. The number of sulfonamides is 1. The van der Waals surface area contributed by atoms with Crippen LogP contribution >= 0.6 is 0 Å². The summed E-state index contributed by atoms with van der Waals surface area (Å²) in [5.41, 5.74) is 0.662. The van der Waals surface area contributed by atoms with Gasteiger partial charge in [0, 0.05) is 31.5 Å². The second-order valence-electron chi connectivity index (χ2n) is 5.77. The van der Waals surface area contributed by atoms with Gasteiger partial charge in [0.05, 0.1) is 6.61 Å². The van der Waals surface area contributed by atoms with Crippen LogP contribution in [-0.4, -0.2) is 35.5 Å². The number of nitrogens with zero attached hydrogens (tertiary/aromatic N) is 2. The van der Waals surface area contributed by atoms with Crippen LogP contribution in [0.4, 0.5) is 0 Å². The van der Waals surface area contributed by atoms with Crippen LogP contribution in [0.2, 0.25) is 0 Å². The van der Waals surface area contributed by atoms with Crippen LogP contribution in [0.1, 0.15) is 45.2 Å². The fraction of sp³-hybridized carbons (Fsp3) is 0.733. The minimum Gasteiger partial charge on any atom is -0.390 e. The Morgan fingerprint density at radius 2 is 2.10 bits per heavy atom. The van der Waals surface area contributed by atoms with E-state index in [1.54, 1.807) is 16.6 Å². The second-order valence-corrected chi connectivity index (χ2v) is 7.71. The first-order chi connectivity index (χ1) is 10.0. The van der Waals surface area contributed by atoms with Gasteiger partial charge in [-0.2, -0.15) is 4.31 Å². The third kappa shape index (κ3) is 3.49. The van der Waals surface area contributed by atoms with E-state index in [0.717, 1.165) is 25.8 Å². The van der Waals surface area contributed by atoms with Crippen molar-refractivity contribution in [1.82, 2.24) is 8.87 Å². The number of rotatable bonds is 8. The molecule has 1 heterocycles. The smallest absolute Gasteiger partial charge is 0.244 e. The van der Waals surface area contributed by atoms with Gasteiger partial charge < -0.3 is 9.67 Å². The Balaban J connectivity index is 2.23. The molecular weight excluding hydrogens is 288 g/mol. The average molecular weight is 314 g/mol. The minimum absolute atomic E-state index is 0.135. The average Bonchev–Trinajstić information content (AvgIpc) is 2.81. The Morgan fingerprint density at radius 3 is 2.57 bits per heavy atom. The van der Waals surface area contributed by atoms with E-state index < -0.39 is 10.0 Å². The Kier molecular flexibility index (Phi) is 5.46. The largest absolute Gasteiger partial charge is 0.390 e. The lowest BCUT2D eigenvalue weighted by atomic mass is 9.85. The summed E-state index contributed by atoms with van der Waals surface area (Å²) in [7, 11) is -3.45. The monoisotopic (exact) mass is 314 g/mol. The van der Waals surface area contributed by atoms with Crippen molar-refractivity contribution in [2.45, 2.75) is 57.6 Å². The van der Waals surface area contributed by atoms with Gasteiger partial charge in [-0.15, -0.1) is 0 Å². The van der Waals surface area contributed by atoms with Crippen molar-refractivity contribution in [3.05, 3.63) is 18.0 Å². The molecule has 0 saturated heterocycles. The summed E-state index contributed by atoms with van der Waals surface area (Å²) in [4.78, 5) is 0.307. The summed E-state index contributed by atoms with van der Waals surface area (Å²) >= 11 is 0. The highest BCUT2D eigenvalue weighted by molar-refractivity contribution is 7.89. The number of aliphatic hydroxyl groups excluding tert-OH is 1. The molecule has 1 aromatic rings. The molecule has 0 aliphatic heterocycles. The molecule has 0 spiro atoms. The zero-order valence-electron chi connectivity index (χ0n) is 13.0. The first-order valence-corrected chi connectivity index (χ1v) is 9.27. The second kappa shape index (κ2) is 6.94. The van der Waals surface area contributed by atoms with Gasteiger partial charge in [0.2, 0.25) is 10.0 Å². The maximum atomic E-state index is 12.8. The number of aromatic nitrogens is 1. The van der Waals surface area contributed by atoms with Gasteiger partial charge in [0.1, 0.15) is 4.90 Å². The van der Waals surface area contributed by atoms with Gasteiger partial charge in [-0.25, -0.2) is 8.42 Å². The molecule has 0 aromatic carbocycles. The third-order valence-corrected chi connectivity index (χ3v) is 6.17. The zero-order valence-corrected chi connectivity index (χ0v) is 13.8. The van der Waals surface area contributed by atoms with Crippen LogP contribution in [-0.2, 0) is 23.2 Å². The van der Waals surface area contributed by atoms with Crippen molar-refractivity contribution in [3.8, 4) is 0 Å². The van der Waals surface area contributed by atoms with E-state index in [2.05, 4.69) is 0 Å². The van der Waals surface area contributed by atoms with E-state index in [0.29, 0.717) is 29.6 Å². The first-order valence-electron chi connectivity index (χ1n) is 7.83. The standard InChI is InChI=1S/C15H26N2O3S/c1-3-8-16-11-15(9-14(16)12-18)21(19,20)17(4-2)10-13-6-5-7-13/h9,11,13,18H,3-8,10,12H2,1-2H3. The molecule has 120 valence electrons. The lowest BCUT2D eigenvalue weighted by Gasteiger charge is -2.30. The van der Waals surface area contributed by atoms with Gasteiger partial charge in [-0.1, -0.05) is 20.3 Å². The zero-order chi connectivity index (χ0) is 15.5. The molecule has 5 nitrogen and oxygen atoms in total. The highest BCUT2D eigenvalue weighted by atomic mass is 32.2. The summed E-state index contributed by atoms with van der Waals surface area (Å²) < 4.78 is 28.9. The molecule has 1 fully saturated rings. The molecule has 0 amide bonds. The molecule has 0 atom stereocenters. The molecule has 6 heteroatoms. The van der Waals surface area contributed by atoms with Crippen molar-refractivity contribution in [2.24, 2.45) is 5.92 Å². The van der Waals surface area contributed by atoms with E-state index in [-0.39, 0.29) is 6.61 Å². The molecule has 1 aliphatic rings.